The molecule has 2 rings (SSSR count). The van der Waals surface area contributed by atoms with E-state index in [1.54, 1.807) is 12.1 Å². The van der Waals surface area contributed by atoms with Crippen LogP contribution in [0.2, 0.25) is 0 Å². The first-order valence-electron chi connectivity index (χ1n) is 6.69. The van der Waals surface area contributed by atoms with Crippen LogP contribution >= 0.6 is 0 Å². The molecule has 0 atom stereocenters. The average molecular weight is 296 g/mol. The second-order valence-corrected chi connectivity index (χ2v) is 4.55. The second kappa shape index (κ2) is 6.56. The standard InChI is InChI=1S/C15H18F2N2O2/c1-4-5-18-10-7-12(15(16)17)19-11-8-14(21-3)13(20-2)6-9(10)11/h6-8,15H,4-5H2,1-3H3,(H,18,19). The molecule has 1 N–H and O–H groups in total. The van der Waals surface area contributed by atoms with Gasteiger partial charge in [-0.1, -0.05) is 6.92 Å². The molecule has 1 heterocycles. The minimum Gasteiger partial charge on any atom is -0.493 e. The van der Waals surface area contributed by atoms with Gasteiger partial charge in [-0.05, 0) is 18.6 Å². The van der Waals surface area contributed by atoms with Crippen molar-refractivity contribution >= 4 is 16.6 Å². The first-order chi connectivity index (χ1) is 10.1. The zero-order chi connectivity index (χ0) is 15.4. The Balaban J connectivity index is 2.65. The van der Waals surface area contributed by atoms with Crippen molar-refractivity contribution in [3.05, 3.63) is 23.9 Å². The fraction of sp³-hybridized carbons (Fsp3) is 0.400. The molecule has 0 aliphatic carbocycles. The maximum atomic E-state index is 13.0. The van der Waals surface area contributed by atoms with E-state index < -0.39 is 6.43 Å². The summed E-state index contributed by atoms with van der Waals surface area (Å²) in [7, 11) is 3.03. The summed E-state index contributed by atoms with van der Waals surface area (Å²) in [5, 5.41) is 3.88. The highest BCUT2D eigenvalue weighted by Crippen LogP contribution is 2.36. The van der Waals surface area contributed by atoms with Crippen LogP contribution in [0.15, 0.2) is 18.2 Å². The summed E-state index contributed by atoms with van der Waals surface area (Å²) in [5.74, 6) is 1.00. The molecule has 21 heavy (non-hydrogen) atoms. The number of fused-ring (bicyclic) bond motifs is 1. The molecule has 4 nitrogen and oxygen atoms in total. The number of nitrogens with zero attached hydrogens (tertiary/aromatic N) is 1. The first-order valence-corrected chi connectivity index (χ1v) is 6.69. The van der Waals surface area contributed by atoms with Crippen molar-refractivity contribution in [3.8, 4) is 11.5 Å². The highest BCUT2D eigenvalue weighted by molar-refractivity contribution is 5.94. The van der Waals surface area contributed by atoms with E-state index >= 15 is 0 Å². The Labute approximate surface area is 122 Å². The molecule has 0 saturated carbocycles. The number of benzene rings is 1. The van der Waals surface area contributed by atoms with Crippen LogP contribution in [0.25, 0.3) is 10.9 Å². The Hall–Kier alpha value is -2.11. The van der Waals surface area contributed by atoms with Crippen molar-refractivity contribution in [1.82, 2.24) is 4.98 Å². The van der Waals surface area contributed by atoms with E-state index in [2.05, 4.69) is 10.3 Å². The van der Waals surface area contributed by atoms with Crippen molar-refractivity contribution < 1.29 is 18.3 Å². The predicted molar refractivity (Wildman–Crippen MR) is 78.6 cm³/mol. The highest BCUT2D eigenvalue weighted by atomic mass is 19.3. The van der Waals surface area contributed by atoms with Gasteiger partial charge in [0.2, 0.25) is 0 Å². The first kappa shape index (κ1) is 15.3. The van der Waals surface area contributed by atoms with Crippen molar-refractivity contribution in [2.24, 2.45) is 0 Å². The zero-order valence-corrected chi connectivity index (χ0v) is 12.2. The Kier molecular flexibility index (Phi) is 4.77. The molecule has 0 radical (unpaired) electrons. The van der Waals surface area contributed by atoms with E-state index in [-0.39, 0.29) is 5.69 Å². The molecule has 0 fully saturated rings. The molecule has 6 heteroatoms. The molecule has 2 aromatic rings. The summed E-state index contributed by atoms with van der Waals surface area (Å²) in [6.07, 6.45) is -1.73. The zero-order valence-electron chi connectivity index (χ0n) is 12.2. The molecule has 0 saturated heterocycles. The number of hydrogen-bond acceptors (Lipinski definition) is 4. The van der Waals surface area contributed by atoms with Crippen molar-refractivity contribution in [1.29, 1.82) is 0 Å². The van der Waals surface area contributed by atoms with Gasteiger partial charge in [-0.15, -0.1) is 0 Å². The fourth-order valence-corrected chi connectivity index (χ4v) is 2.09. The second-order valence-electron chi connectivity index (χ2n) is 4.55. The third-order valence-electron chi connectivity index (χ3n) is 3.12. The van der Waals surface area contributed by atoms with Crippen LogP contribution in [0.4, 0.5) is 14.5 Å². The summed E-state index contributed by atoms with van der Waals surface area (Å²) in [6, 6.07) is 4.74. The summed E-state index contributed by atoms with van der Waals surface area (Å²) in [4.78, 5) is 4.00. The van der Waals surface area contributed by atoms with Gasteiger partial charge in [0.25, 0.3) is 6.43 Å². The van der Waals surface area contributed by atoms with E-state index in [9.17, 15) is 8.78 Å². The maximum Gasteiger partial charge on any atom is 0.280 e. The predicted octanol–water partition coefficient (Wildman–Crippen LogP) is 4.01. The van der Waals surface area contributed by atoms with E-state index in [0.29, 0.717) is 29.2 Å². The number of rotatable bonds is 6. The Morgan fingerprint density at radius 3 is 2.38 bits per heavy atom. The van der Waals surface area contributed by atoms with Crippen LogP contribution in [-0.2, 0) is 0 Å². The van der Waals surface area contributed by atoms with E-state index in [4.69, 9.17) is 9.47 Å². The van der Waals surface area contributed by atoms with Crippen LogP contribution < -0.4 is 14.8 Å². The third-order valence-corrected chi connectivity index (χ3v) is 3.12. The molecule has 0 aliphatic heterocycles. The van der Waals surface area contributed by atoms with Crippen LogP contribution in [0.3, 0.4) is 0 Å². The number of ether oxygens (including phenoxy) is 2. The smallest absolute Gasteiger partial charge is 0.280 e. The molecule has 0 aliphatic rings. The summed E-state index contributed by atoms with van der Waals surface area (Å²) in [5.41, 5.74) is 0.815. The Morgan fingerprint density at radius 1 is 1.14 bits per heavy atom. The lowest BCUT2D eigenvalue weighted by atomic mass is 10.1. The Bertz CT molecular complexity index is 633. The molecule has 1 aromatic heterocycles. The molecular formula is C15H18F2N2O2. The largest absolute Gasteiger partial charge is 0.493 e. The lowest BCUT2D eigenvalue weighted by Gasteiger charge is -2.14. The summed E-state index contributed by atoms with van der Waals surface area (Å²) < 4.78 is 36.4. The fourth-order valence-electron chi connectivity index (χ4n) is 2.09. The maximum absolute atomic E-state index is 13.0. The average Bonchev–Trinajstić information content (AvgIpc) is 2.50. The number of hydrogen-bond donors (Lipinski definition) is 1. The van der Waals surface area contributed by atoms with Gasteiger partial charge in [0.05, 0.1) is 19.7 Å². The van der Waals surface area contributed by atoms with Gasteiger partial charge >= 0.3 is 0 Å². The monoisotopic (exact) mass is 296 g/mol. The number of aromatic nitrogens is 1. The molecule has 0 spiro atoms. The lowest BCUT2D eigenvalue weighted by molar-refractivity contribution is 0.146. The normalized spacial score (nSPS) is 11.0. The van der Waals surface area contributed by atoms with Crippen molar-refractivity contribution in [3.63, 3.8) is 0 Å². The number of alkyl halides is 2. The van der Waals surface area contributed by atoms with Gasteiger partial charge in [-0.2, -0.15) is 0 Å². The van der Waals surface area contributed by atoms with Gasteiger partial charge in [0.1, 0.15) is 5.69 Å². The highest BCUT2D eigenvalue weighted by Gasteiger charge is 2.16. The number of pyridine rings is 1. The lowest BCUT2D eigenvalue weighted by Crippen LogP contribution is -2.03. The third kappa shape index (κ3) is 3.15. The van der Waals surface area contributed by atoms with Crippen molar-refractivity contribution in [2.45, 2.75) is 19.8 Å². The molecule has 0 amide bonds. The quantitative estimate of drug-likeness (QED) is 0.874. The van der Waals surface area contributed by atoms with E-state index in [1.165, 1.54) is 20.3 Å². The summed E-state index contributed by atoms with van der Waals surface area (Å²) >= 11 is 0. The number of halogens is 2. The van der Waals surface area contributed by atoms with Crippen LogP contribution in [0.1, 0.15) is 25.5 Å². The van der Waals surface area contributed by atoms with Gasteiger partial charge in [-0.3, -0.25) is 0 Å². The minimum absolute atomic E-state index is 0.256. The van der Waals surface area contributed by atoms with Crippen molar-refractivity contribution in [2.75, 3.05) is 26.1 Å². The van der Waals surface area contributed by atoms with Gasteiger partial charge in [0.15, 0.2) is 11.5 Å². The van der Waals surface area contributed by atoms with Crippen LogP contribution in [0.5, 0.6) is 11.5 Å². The van der Waals surface area contributed by atoms with E-state index in [0.717, 1.165) is 11.8 Å². The molecule has 0 bridgehead atoms. The van der Waals surface area contributed by atoms with Gasteiger partial charge < -0.3 is 14.8 Å². The minimum atomic E-state index is -2.62. The molecule has 1 aromatic carbocycles. The number of anilines is 1. The van der Waals surface area contributed by atoms with Gasteiger partial charge in [-0.25, -0.2) is 13.8 Å². The number of nitrogens with one attached hydrogen (secondary N) is 1. The topological polar surface area (TPSA) is 43.4 Å². The van der Waals surface area contributed by atoms with Crippen LogP contribution in [-0.4, -0.2) is 25.7 Å². The molecule has 114 valence electrons. The summed E-state index contributed by atoms with van der Waals surface area (Å²) in [6.45, 7) is 2.70. The number of methoxy groups -OCH3 is 2. The molecule has 0 unspecified atom stereocenters. The molecular weight excluding hydrogens is 278 g/mol. The SMILES string of the molecule is CCCNc1cc(C(F)F)nc2cc(OC)c(OC)cc12. The Morgan fingerprint density at radius 2 is 1.81 bits per heavy atom. The van der Waals surface area contributed by atoms with Gasteiger partial charge in [0, 0.05) is 23.7 Å². The van der Waals surface area contributed by atoms with E-state index in [1.807, 2.05) is 6.92 Å². The van der Waals surface area contributed by atoms with Crippen LogP contribution in [0, 0.1) is 0 Å².